The minimum absolute atomic E-state index is 0.0461. The first kappa shape index (κ1) is 13.4. The molecule has 0 bridgehead atoms. The fraction of sp³-hybridized carbons (Fsp3) is 0.300. The summed E-state index contributed by atoms with van der Waals surface area (Å²) in [6, 6.07) is 2.09. The van der Waals surface area contributed by atoms with Crippen molar-refractivity contribution in [1.29, 1.82) is 0 Å². The number of carboxylic acids is 1. The number of hydrogen-bond acceptors (Lipinski definition) is 3. The smallest absolute Gasteiger partial charge is 0.311 e. The lowest BCUT2D eigenvalue weighted by Gasteiger charge is -2.12. The number of carboxylic acid groups (broad SMARTS) is 1. The first-order valence-corrected chi connectivity index (χ1v) is 5.13. The Morgan fingerprint density at radius 3 is 2.65 bits per heavy atom. The van der Waals surface area contributed by atoms with Crippen LogP contribution in [0.25, 0.3) is 0 Å². The highest BCUT2D eigenvalue weighted by atomic mass is 35.5. The van der Waals surface area contributed by atoms with Crippen molar-refractivity contribution >= 4 is 23.3 Å². The van der Waals surface area contributed by atoms with E-state index in [1.807, 2.05) is 0 Å². The molecule has 92 valence electrons. The molecule has 1 rings (SSSR count). The standard InChI is InChI=1S/C10H9ClFNO4/c1-2-5(10(14)15)6-3-4-7(13(16)17)9(12)8(6)11/h3-5H,2H2,1H3,(H,14,15). The highest BCUT2D eigenvalue weighted by molar-refractivity contribution is 6.32. The zero-order valence-electron chi connectivity index (χ0n) is 8.81. The molecule has 0 spiro atoms. The van der Waals surface area contributed by atoms with Gasteiger partial charge in [0.2, 0.25) is 5.82 Å². The summed E-state index contributed by atoms with van der Waals surface area (Å²) in [6.45, 7) is 1.61. The van der Waals surface area contributed by atoms with Crippen LogP contribution in [0.3, 0.4) is 0 Å². The fourth-order valence-corrected chi connectivity index (χ4v) is 1.78. The number of nitrogens with zero attached hydrogens (tertiary/aromatic N) is 1. The topological polar surface area (TPSA) is 80.4 Å². The summed E-state index contributed by atoms with van der Waals surface area (Å²) in [5, 5.41) is 18.8. The third kappa shape index (κ3) is 2.52. The van der Waals surface area contributed by atoms with Crippen LogP contribution in [0.15, 0.2) is 12.1 Å². The number of aliphatic carboxylic acids is 1. The Morgan fingerprint density at radius 1 is 1.65 bits per heavy atom. The van der Waals surface area contributed by atoms with Crippen LogP contribution in [-0.4, -0.2) is 16.0 Å². The van der Waals surface area contributed by atoms with Gasteiger partial charge in [-0.25, -0.2) is 0 Å². The number of hydrogen-bond donors (Lipinski definition) is 1. The predicted molar refractivity (Wildman–Crippen MR) is 58.7 cm³/mol. The maximum atomic E-state index is 13.5. The van der Waals surface area contributed by atoms with Gasteiger partial charge in [-0.1, -0.05) is 18.5 Å². The van der Waals surface area contributed by atoms with Gasteiger partial charge in [0, 0.05) is 6.07 Å². The molecule has 1 aromatic carbocycles. The minimum atomic E-state index is -1.20. The predicted octanol–water partition coefficient (Wildman–Crippen LogP) is 2.97. The molecule has 0 aliphatic heterocycles. The Hall–Kier alpha value is -1.69. The molecule has 0 heterocycles. The summed E-state index contributed by atoms with van der Waals surface area (Å²) in [5.74, 6) is -3.32. The number of nitro benzene ring substituents is 1. The van der Waals surface area contributed by atoms with Crippen LogP contribution in [0.5, 0.6) is 0 Å². The molecule has 0 aromatic heterocycles. The lowest BCUT2D eigenvalue weighted by molar-refractivity contribution is -0.387. The van der Waals surface area contributed by atoms with Crippen molar-refractivity contribution in [3.05, 3.63) is 38.7 Å². The number of halogens is 2. The van der Waals surface area contributed by atoms with Crippen molar-refractivity contribution in [3.8, 4) is 0 Å². The van der Waals surface area contributed by atoms with Gasteiger partial charge < -0.3 is 5.11 Å². The van der Waals surface area contributed by atoms with Crippen LogP contribution >= 0.6 is 11.6 Å². The summed E-state index contributed by atoms with van der Waals surface area (Å²) in [7, 11) is 0. The molecule has 0 fully saturated rings. The van der Waals surface area contributed by atoms with Crippen molar-refractivity contribution in [2.24, 2.45) is 0 Å². The van der Waals surface area contributed by atoms with E-state index >= 15 is 0 Å². The van der Waals surface area contributed by atoms with Gasteiger partial charge in [-0.3, -0.25) is 14.9 Å². The van der Waals surface area contributed by atoms with Crippen LogP contribution in [-0.2, 0) is 4.79 Å². The Morgan fingerprint density at radius 2 is 2.24 bits per heavy atom. The van der Waals surface area contributed by atoms with Crippen LogP contribution in [0, 0.1) is 15.9 Å². The molecule has 0 aliphatic rings. The van der Waals surface area contributed by atoms with E-state index in [9.17, 15) is 19.3 Å². The molecule has 7 heteroatoms. The monoisotopic (exact) mass is 261 g/mol. The molecule has 5 nitrogen and oxygen atoms in total. The maximum absolute atomic E-state index is 13.5. The van der Waals surface area contributed by atoms with Gasteiger partial charge in [0.15, 0.2) is 0 Å². The molecule has 0 radical (unpaired) electrons. The zero-order chi connectivity index (χ0) is 13.2. The Bertz CT molecular complexity index is 478. The third-order valence-electron chi connectivity index (χ3n) is 2.37. The molecular formula is C10H9ClFNO4. The Balaban J connectivity index is 3.34. The summed E-state index contributed by atoms with van der Waals surface area (Å²) < 4.78 is 13.5. The van der Waals surface area contributed by atoms with E-state index in [-0.39, 0.29) is 12.0 Å². The summed E-state index contributed by atoms with van der Waals surface area (Å²) >= 11 is 5.62. The van der Waals surface area contributed by atoms with Crippen molar-refractivity contribution in [2.45, 2.75) is 19.3 Å². The second-order valence-corrected chi connectivity index (χ2v) is 3.74. The van der Waals surface area contributed by atoms with E-state index < -0.39 is 33.3 Å². The van der Waals surface area contributed by atoms with E-state index in [1.165, 1.54) is 6.07 Å². The van der Waals surface area contributed by atoms with Gasteiger partial charge in [0.05, 0.1) is 15.9 Å². The highest BCUT2D eigenvalue weighted by Crippen LogP contribution is 2.33. The molecule has 17 heavy (non-hydrogen) atoms. The molecule has 1 N–H and O–H groups in total. The van der Waals surface area contributed by atoms with E-state index in [2.05, 4.69) is 0 Å². The molecule has 1 aromatic rings. The van der Waals surface area contributed by atoms with Gasteiger partial charge in [-0.15, -0.1) is 0 Å². The minimum Gasteiger partial charge on any atom is -0.481 e. The van der Waals surface area contributed by atoms with Crippen molar-refractivity contribution in [3.63, 3.8) is 0 Å². The molecule has 1 atom stereocenters. The van der Waals surface area contributed by atoms with Crippen molar-refractivity contribution < 1.29 is 19.2 Å². The molecule has 0 amide bonds. The summed E-state index contributed by atoms with van der Waals surface area (Å²) in [5.41, 5.74) is -0.719. The average Bonchev–Trinajstić information content (AvgIpc) is 2.24. The molecule has 0 saturated heterocycles. The largest absolute Gasteiger partial charge is 0.481 e. The maximum Gasteiger partial charge on any atom is 0.311 e. The second-order valence-electron chi connectivity index (χ2n) is 3.36. The van der Waals surface area contributed by atoms with Crippen LogP contribution in [0.4, 0.5) is 10.1 Å². The van der Waals surface area contributed by atoms with Crippen LogP contribution in [0.2, 0.25) is 5.02 Å². The highest BCUT2D eigenvalue weighted by Gasteiger charge is 2.26. The van der Waals surface area contributed by atoms with Gasteiger partial charge in [-0.05, 0) is 18.1 Å². The SMILES string of the molecule is CCC(C(=O)O)c1ccc([N+](=O)[O-])c(F)c1Cl. The van der Waals surface area contributed by atoms with Crippen LogP contribution in [0.1, 0.15) is 24.8 Å². The normalized spacial score (nSPS) is 12.2. The van der Waals surface area contributed by atoms with Crippen molar-refractivity contribution in [1.82, 2.24) is 0 Å². The lowest BCUT2D eigenvalue weighted by atomic mass is 9.96. The van der Waals surface area contributed by atoms with Gasteiger partial charge in [0.25, 0.3) is 0 Å². The quantitative estimate of drug-likeness (QED) is 0.667. The zero-order valence-corrected chi connectivity index (χ0v) is 9.57. The van der Waals surface area contributed by atoms with Gasteiger partial charge in [0.1, 0.15) is 0 Å². The molecule has 0 aliphatic carbocycles. The summed E-state index contributed by atoms with van der Waals surface area (Å²) in [6.07, 6.45) is 0.215. The third-order valence-corrected chi connectivity index (χ3v) is 2.75. The first-order valence-electron chi connectivity index (χ1n) is 4.75. The molecule has 1 unspecified atom stereocenters. The van der Waals surface area contributed by atoms with Gasteiger partial charge in [-0.2, -0.15) is 4.39 Å². The number of nitro groups is 1. The van der Waals surface area contributed by atoms with Crippen LogP contribution < -0.4 is 0 Å². The van der Waals surface area contributed by atoms with E-state index in [1.54, 1.807) is 6.92 Å². The fourth-order valence-electron chi connectivity index (χ4n) is 1.49. The number of carbonyl (C=O) groups is 1. The Labute approximate surface area is 101 Å². The first-order chi connectivity index (χ1) is 7.90. The lowest BCUT2D eigenvalue weighted by Crippen LogP contribution is -2.12. The van der Waals surface area contributed by atoms with E-state index in [4.69, 9.17) is 16.7 Å². The molecule has 0 saturated carbocycles. The van der Waals surface area contributed by atoms with Crippen molar-refractivity contribution in [2.75, 3.05) is 0 Å². The second kappa shape index (κ2) is 5.09. The van der Waals surface area contributed by atoms with Gasteiger partial charge >= 0.3 is 11.7 Å². The van der Waals surface area contributed by atoms with E-state index in [0.717, 1.165) is 6.07 Å². The number of benzene rings is 1. The average molecular weight is 262 g/mol. The number of rotatable bonds is 4. The van der Waals surface area contributed by atoms with E-state index in [0.29, 0.717) is 0 Å². The molecular weight excluding hydrogens is 253 g/mol. The summed E-state index contributed by atoms with van der Waals surface area (Å²) in [4.78, 5) is 20.4. The Kier molecular flexibility index (Phi) is 4.01.